The van der Waals surface area contributed by atoms with E-state index in [2.05, 4.69) is 19.9 Å². The zero-order chi connectivity index (χ0) is 17.1. The summed E-state index contributed by atoms with van der Waals surface area (Å²) >= 11 is 0. The number of hydrogen-bond donors (Lipinski definition) is 1. The number of aromatic nitrogens is 3. The second-order valence-electron chi connectivity index (χ2n) is 6.39. The molecule has 0 aliphatic carbocycles. The first-order chi connectivity index (χ1) is 12.3. The number of piperidine rings is 1. The third-order valence-electron chi connectivity index (χ3n) is 4.77. The van der Waals surface area contributed by atoms with E-state index in [1.165, 1.54) is 0 Å². The highest BCUT2D eigenvalue weighted by atomic mass is 16.2. The molecule has 1 aliphatic heterocycles. The Balaban J connectivity index is 1.34. The fraction of sp³-hybridized carbons (Fsp3) is 0.316. The summed E-state index contributed by atoms with van der Waals surface area (Å²) in [6.45, 7) is 2.05. The number of nitrogens with one attached hydrogen (secondary N) is 1. The van der Waals surface area contributed by atoms with Crippen LogP contribution < -0.4 is 5.32 Å². The van der Waals surface area contributed by atoms with Gasteiger partial charge in [-0.2, -0.15) is 0 Å². The fourth-order valence-corrected chi connectivity index (χ4v) is 3.36. The van der Waals surface area contributed by atoms with Crippen molar-refractivity contribution in [3.05, 3.63) is 66.1 Å². The van der Waals surface area contributed by atoms with Crippen LogP contribution in [0.5, 0.6) is 0 Å². The monoisotopic (exact) mass is 335 g/mol. The van der Waals surface area contributed by atoms with Crippen molar-refractivity contribution in [1.29, 1.82) is 0 Å². The largest absolute Gasteiger partial charge is 0.334 e. The molecule has 0 atom stereocenters. The number of hydrogen-bond acceptors (Lipinski definition) is 3. The Morgan fingerprint density at radius 1 is 1.04 bits per heavy atom. The third kappa shape index (κ3) is 3.33. The number of nitrogens with zero attached hydrogens (tertiary/aromatic N) is 4. The Labute approximate surface area is 146 Å². The molecule has 1 aromatic carbocycles. The molecule has 1 saturated heterocycles. The van der Waals surface area contributed by atoms with Gasteiger partial charge in [0.2, 0.25) is 0 Å². The smallest absolute Gasteiger partial charge is 0.317 e. The third-order valence-corrected chi connectivity index (χ3v) is 4.77. The van der Waals surface area contributed by atoms with E-state index >= 15 is 0 Å². The van der Waals surface area contributed by atoms with Crippen LogP contribution in [-0.4, -0.2) is 38.6 Å². The topological polar surface area (TPSA) is 62.5 Å². The molecule has 4 rings (SSSR count). The average molecular weight is 335 g/mol. The first kappa shape index (κ1) is 15.6. The number of rotatable bonds is 3. The van der Waals surface area contributed by atoms with Gasteiger partial charge in [0, 0.05) is 31.7 Å². The minimum atomic E-state index is 0.00778. The summed E-state index contributed by atoms with van der Waals surface area (Å²) in [6, 6.07) is 15.9. The molecule has 6 nitrogen and oxygen atoms in total. The maximum atomic E-state index is 12.4. The fourth-order valence-electron chi connectivity index (χ4n) is 3.36. The van der Waals surface area contributed by atoms with E-state index < -0.39 is 0 Å². The van der Waals surface area contributed by atoms with Gasteiger partial charge >= 0.3 is 6.03 Å². The van der Waals surface area contributed by atoms with Crippen molar-refractivity contribution >= 4 is 11.7 Å². The molecule has 1 aliphatic rings. The summed E-state index contributed by atoms with van der Waals surface area (Å²) in [5.74, 6) is 1.34. The minimum absolute atomic E-state index is 0.00778. The second-order valence-corrected chi connectivity index (χ2v) is 6.39. The Morgan fingerprint density at radius 2 is 1.80 bits per heavy atom. The van der Waals surface area contributed by atoms with Gasteiger partial charge in [0.05, 0.1) is 0 Å². The van der Waals surface area contributed by atoms with Crippen LogP contribution in [-0.2, 0) is 6.54 Å². The number of amides is 2. The normalized spacial score (nSPS) is 15.4. The van der Waals surface area contributed by atoms with E-state index in [1.54, 1.807) is 0 Å². The number of pyridine rings is 1. The van der Waals surface area contributed by atoms with Crippen molar-refractivity contribution in [3.8, 4) is 0 Å². The molecular weight excluding hydrogens is 314 g/mol. The van der Waals surface area contributed by atoms with Crippen LogP contribution in [0.3, 0.4) is 0 Å². The molecule has 1 N–H and O–H groups in total. The highest BCUT2D eigenvalue weighted by Crippen LogP contribution is 2.27. The van der Waals surface area contributed by atoms with Crippen molar-refractivity contribution in [2.24, 2.45) is 0 Å². The van der Waals surface area contributed by atoms with Gasteiger partial charge in [0.15, 0.2) is 5.65 Å². The van der Waals surface area contributed by atoms with Crippen LogP contribution >= 0.6 is 0 Å². The maximum absolute atomic E-state index is 12.4. The average Bonchev–Trinajstić information content (AvgIpc) is 3.11. The lowest BCUT2D eigenvalue weighted by molar-refractivity contribution is 0.180. The molecular formula is C19H21N5O. The zero-order valence-electron chi connectivity index (χ0n) is 14.0. The molecule has 0 spiro atoms. The van der Waals surface area contributed by atoms with Crippen LogP contribution in [0.4, 0.5) is 4.79 Å². The van der Waals surface area contributed by atoms with Gasteiger partial charge in [-0.05, 0) is 30.5 Å². The van der Waals surface area contributed by atoms with E-state index in [0.717, 1.165) is 43.0 Å². The number of fused-ring (bicyclic) bond motifs is 1. The number of likely N-dealkylation sites (tertiary alicyclic amines) is 1. The Kier molecular flexibility index (Phi) is 4.33. The lowest BCUT2D eigenvalue weighted by Gasteiger charge is -2.31. The SMILES string of the molecule is O=C(NCc1ccccc1)N1CCC(c2nnc3ccccn23)CC1. The van der Waals surface area contributed by atoms with Crippen molar-refractivity contribution < 1.29 is 4.79 Å². The number of benzene rings is 1. The summed E-state index contributed by atoms with van der Waals surface area (Å²) in [5.41, 5.74) is 1.99. The first-order valence-corrected chi connectivity index (χ1v) is 8.67. The Morgan fingerprint density at radius 3 is 2.60 bits per heavy atom. The van der Waals surface area contributed by atoms with Crippen molar-refractivity contribution in [1.82, 2.24) is 24.8 Å². The van der Waals surface area contributed by atoms with Crippen molar-refractivity contribution in [2.75, 3.05) is 13.1 Å². The second kappa shape index (κ2) is 6.93. The summed E-state index contributed by atoms with van der Waals surface area (Å²) in [4.78, 5) is 14.3. The predicted molar refractivity (Wildman–Crippen MR) is 95.2 cm³/mol. The minimum Gasteiger partial charge on any atom is -0.334 e. The summed E-state index contributed by atoms with van der Waals surface area (Å²) in [5, 5.41) is 11.6. The maximum Gasteiger partial charge on any atom is 0.317 e. The molecule has 3 heterocycles. The van der Waals surface area contributed by atoms with E-state index in [4.69, 9.17) is 0 Å². The van der Waals surface area contributed by atoms with Gasteiger partial charge in [-0.15, -0.1) is 10.2 Å². The van der Waals surface area contributed by atoms with Crippen molar-refractivity contribution in [3.63, 3.8) is 0 Å². The Hall–Kier alpha value is -2.89. The lowest BCUT2D eigenvalue weighted by Crippen LogP contribution is -2.44. The van der Waals surface area contributed by atoms with Crippen LogP contribution in [0.15, 0.2) is 54.7 Å². The van der Waals surface area contributed by atoms with E-state index in [9.17, 15) is 4.79 Å². The molecule has 25 heavy (non-hydrogen) atoms. The molecule has 2 amide bonds. The van der Waals surface area contributed by atoms with Crippen LogP contribution in [0, 0.1) is 0 Å². The van der Waals surface area contributed by atoms with E-state index in [-0.39, 0.29) is 6.03 Å². The van der Waals surface area contributed by atoms with Gasteiger partial charge < -0.3 is 10.2 Å². The predicted octanol–water partition coefficient (Wildman–Crippen LogP) is 2.82. The Bertz CT molecular complexity index is 852. The van der Waals surface area contributed by atoms with Crippen LogP contribution in [0.2, 0.25) is 0 Å². The van der Waals surface area contributed by atoms with Crippen molar-refractivity contribution in [2.45, 2.75) is 25.3 Å². The van der Waals surface area contributed by atoms with Crippen LogP contribution in [0.25, 0.3) is 5.65 Å². The molecule has 3 aromatic rings. The molecule has 6 heteroatoms. The molecule has 128 valence electrons. The molecule has 1 fully saturated rings. The highest BCUT2D eigenvalue weighted by molar-refractivity contribution is 5.74. The quantitative estimate of drug-likeness (QED) is 0.800. The molecule has 0 unspecified atom stereocenters. The highest BCUT2D eigenvalue weighted by Gasteiger charge is 2.26. The number of carbonyl (C=O) groups is 1. The summed E-state index contributed by atoms with van der Waals surface area (Å²) in [7, 11) is 0. The zero-order valence-corrected chi connectivity index (χ0v) is 14.0. The van der Waals surface area contributed by atoms with E-state index in [1.807, 2.05) is 59.6 Å². The molecule has 0 bridgehead atoms. The van der Waals surface area contributed by atoms with Gasteiger partial charge in [-0.25, -0.2) is 4.79 Å². The van der Waals surface area contributed by atoms with E-state index in [0.29, 0.717) is 12.5 Å². The number of urea groups is 1. The molecule has 0 radical (unpaired) electrons. The van der Waals surface area contributed by atoms with Crippen LogP contribution in [0.1, 0.15) is 30.1 Å². The summed E-state index contributed by atoms with van der Waals surface area (Å²) < 4.78 is 2.05. The lowest BCUT2D eigenvalue weighted by atomic mass is 9.96. The van der Waals surface area contributed by atoms with Gasteiger partial charge in [-0.1, -0.05) is 36.4 Å². The number of carbonyl (C=O) groups excluding carboxylic acids is 1. The van der Waals surface area contributed by atoms with Gasteiger partial charge in [0.1, 0.15) is 5.82 Å². The van der Waals surface area contributed by atoms with Gasteiger partial charge in [0.25, 0.3) is 0 Å². The molecule has 2 aromatic heterocycles. The first-order valence-electron chi connectivity index (χ1n) is 8.67. The standard InChI is InChI=1S/C19H21N5O/c25-19(20-14-15-6-2-1-3-7-15)23-12-9-16(10-13-23)18-22-21-17-8-4-5-11-24(17)18/h1-8,11,16H,9-10,12-14H2,(H,20,25). The molecule has 0 saturated carbocycles. The summed E-state index contributed by atoms with van der Waals surface area (Å²) in [6.07, 6.45) is 3.83. The van der Waals surface area contributed by atoms with Gasteiger partial charge in [-0.3, -0.25) is 4.40 Å².